The van der Waals surface area contributed by atoms with Gasteiger partial charge >= 0.3 is 0 Å². The Morgan fingerprint density at radius 2 is 2.16 bits per heavy atom. The predicted molar refractivity (Wildman–Crippen MR) is 98.6 cm³/mol. The molecule has 6 nitrogen and oxygen atoms in total. The molecule has 2 aromatic heterocycles. The fourth-order valence-corrected chi connectivity index (χ4v) is 5.68. The molecule has 1 unspecified atom stereocenters. The highest BCUT2D eigenvalue weighted by atomic mass is 32.2. The molecular formula is C17H17N3O3S2. The van der Waals surface area contributed by atoms with Crippen LogP contribution in [0.3, 0.4) is 0 Å². The van der Waals surface area contributed by atoms with E-state index in [1.165, 1.54) is 11.3 Å². The van der Waals surface area contributed by atoms with Crippen LogP contribution in [0.15, 0.2) is 35.7 Å². The maximum atomic E-state index is 12.3. The number of aromatic nitrogens is 2. The minimum absolute atomic E-state index is 0.0128. The molecule has 4 rings (SSSR count). The van der Waals surface area contributed by atoms with Crippen LogP contribution in [-0.4, -0.2) is 41.4 Å². The number of thiazole rings is 1. The number of sulfone groups is 1. The van der Waals surface area contributed by atoms with E-state index in [4.69, 9.17) is 0 Å². The van der Waals surface area contributed by atoms with Crippen molar-refractivity contribution >= 4 is 38.0 Å². The van der Waals surface area contributed by atoms with Crippen molar-refractivity contribution in [2.75, 3.05) is 11.5 Å². The van der Waals surface area contributed by atoms with Crippen LogP contribution in [0, 0.1) is 0 Å². The molecule has 8 heteroatoms. The third-order valence-electron chi connectivity index (χ3n) is 4.48. The van der Waals surface area contributed by atoms with Crippen molar-refractivity contribution in [2.45, 2.75) is 12.5 Å². The molecular weight excluding hydrogens is 358 g/mol. The predicted octanol–water partition coefficient (Wildman–Crippen LogP) is 2.22. The lowest BCUT2D eigenvalue weighted by Gasteiger charge is -2.08. The molecule has 0 bridgehead atoms. The van der Waals surface area contributed by atoms with Crippen LogP contribution in [0.4, 0.5) is 0 Å². The van der Waals surface area contributed by atoms with Crippen molar-refractivity contribution in [3.63, 3.8) is 0 Å². The van der Waals surface area contributed by atoms with Gasteiger partial charge in [-0.05, 0) is 18.6 Å². The van der Waals surface area contributed by atoms with Gasteiger partial charge in [-0.15, -0.1) is 11.3 Å². The standard InChI is InChI=1S/C17H17N3O3S2/c1-20-14-5-3-2-4-11(14)8-15(20)17-19-13(9-24-17)16(21)18-12-6-7-25(22,23)10-12/h2-5,8-9,12H,6-7,10H2,1H3,(H,18,21). The van der Waals surface area contributed by atoms with Gasteiger partial charge in [0, 0.05) is 29.4 Å². The molecule has 1 N–H and O–H groups in total. The molecule has 1 aliphatic heterocycles. The van der Waals surface area contributed by atoms with Crippen LogP contribution in [0.25, 0.3) is 21.6 Å². The SMILES string of the molecule is Cn1c(-c2nc(C(=O)NC3CCS(=O)(=O)C3)cs2)cc2ccccc21. The maximum absolute atomic E-state index is 12.3. The second kappa shape index (κ2) is 5.96. The van der Waals surface area contributed by atoms with Crippen LogP contribution < -0.4 is 5.32 Å². The number of hydrogen-bond acceptors (Lipinski definition) is 5. The van der Waals surface area contributed by atoms with E-state index in [1.807, 2.05) is 31.3 Å². The number of aryl methyl sites for hydroxylation is 1. The lowest BCUT2D eigenvalue weighted by Crippen LogP contribution is -2.35. The van der Waals surface area contributed by atoms with Crippen LogP contribution in [-0.2, 0) is 16.9 Å². The zero-order valence-corrected chi connectivity index (χ0v) is 15.2. The third-order valence-corrected chi connectivity index (χ3v) is 7.11. The van der Waals surface area contributed by atoms with Gasteiger partial charge in [0.2, 0.25) is 0 Å². The first-order chi connectivity index (χ1) is 11.9. The number of para-hydroxylation sites is 1. The summed E-state index contributed by atoms with van der Waals surface area (Å²) in [7, 11) is -1.04. The number of carbonyl (C=O) groups excluding carboxylic acids is 1. The second-order valence-corrected chi connectivity index (χ2v) is 9.35. The van der Waals surface area contributed by atoms with Crippen LogP contribution in [0.5, 0.6) is 0 Å². The lowest BCUT2D eigenvalue weighted by atomic mass is 10.2. The van der Waals surface area contributed by atoms with Gasteiger partial charge in [-0.25, -0.2) is 13.4 Å². The summed E-state index contributed by atoms with van der Waals surface area (Å²) >= 11 is 1.41. The Balaban J connectivity index is 1.57. The zero-order valence-electron chi connectivity index (χ0n) is 13.6. The van der Waals surface area contributed by atoms with E-state index in [0.29, 0.717) is 12.1 Å². The second-order valence-electron chi connectivity index (χ2n) is 6.26. The lowest BCUT2D eigenvalue weighted by molar-refractivity contribution is 0.0937. The minimum atomic E-state index is -3.02. The molecule has 1 aliphatic rings. The van der Waals surface area contributed by atoms with Gasteiger partial charge in [-0.1, -0.05) is 18.2 Å². The average molecular weight is 375 g/mol. The normalized spacial score (nSPS) is 19.3. The van der Waals surface area contributed by atoms with Crippen LogP contribution >= 0.6 is 11.3 Å². The summed E-state index contributed by atoms with van der Waals surface area (Å²) in [6.07, 6.45) is 0.467. The topological polar surface area (TPSA) is 81.1 Å². The van der Waals surface area contributed by atoms with Crippen molar-refractivity contribution in [1.29, 1.82) is 0 Å². The molecule has 0 radical (unpaired) electrons. The van der Waals surface area contributed by atoms with E-state index in [1.54, 1.807) is 5.38 Å². The number of amides is 1. The number of carbonyl (C=O) groups is 1. The summed E-state index contributed by atoms with van der Waals surface area (Å²) in [6.45, 7) is 0. The van der Waals surface area contributed by atoms with E-state index in [0.717, 1.165) is 21.6 Å². The highest BCUT2D eigenvalue weighted by Crippen LogP contribution is 2.29. The molecule has 0 aliphatic carbocycles. The van der Waals surface area contributed by atoms with Gasteiger partial charge in [0.1, 0.15) is 10.7 Å². The van der Waals surface area contributed by atoms with Crippen molar-refractivity contribution in [3.05, 3.63) is 41.4 Å². The number of nitrogens with zero attached hydrogens (tertiary/aromatic N) is 2. The van der Waals surface area contributed by atoms with Gasteiger partial charge < -0.3 is 9.88 Å². The highest BCUT2D eigenvalue weighted by Gasteiger charge is 2.29. The smallest absolute Gasteiger partial charge is 0.271 e. The minimum Gasteiger partial charge on any atom is -0.347 e. The number of rotatable bonds is 3. The Hall–Kier alpha value is -2.19. The summed E-state index contributed by atoms with van der Waals surface area (Å²) < 4.78 is 25.1. The van der Waals surface area contributed by atoms with Crippen molar-refractivity contribution in [3.8, 4) is 10.7 Å². The molecule has 1 amide bonds. The first-order valence-corrected chi connectivity index (χ1v) is 10.6. The van der Waals surface area contributed by atoms with Gasteiger partial charge in [-0.2, -0.15) is 0 Å². The number of fused-ring (bicyclic) bond motifs is 1. The molecule has 3 heterocycles. The van der Waals surface area contributed by atoms with Crippen molar-refractivity contribution < 1.29 is 13.2 Å². The van der Waals surface area contributed by atoms with E-state index in [-0.39, 0.29) is 23.5 Å². The highest BCUT2D eigenvalue weighted by molar-refractivity contribution is 7.91. The summed E-state index contributed by atoms with van der Waals surface area (Å²) in [4.78, 5) is 16.8. The number of hydrogen-bond donors (Lipinski definition) is 1. The van der Waals surface area contributed by atoms with E-state index < -0.39 is 9.84 Å². The molecule has 1 fully saturated rings. The Morgan fingerprint density at radius 1 is 1.36 bits per heavy atom. The Kier molecular flexibility index (Phi) is 3.88. The monoisotopic (exact) mass is 375 g/mol. The molecule has 130 valence electrons. The van der Waals surface area contributed by atoms with Gasteiger partial charge in [-0.3, -0.25) is 4.79 Å². The molecule has 25 heavy (non-hydrogen) atoms. The first kappa shape index (κ1) is 16.3. The van der Waals surface area contributed by atoms with Crippen LogP contribution in [0.1, 0.15) is 16.9 Å². The summed E-state index contributed by atoms with van der Waals surface area (Å²) in [5, 5.41) is 6.38. The quantitative estimate of drug-likeness (QED) is 0.761. The molecule has 0 saturated carbocycles. The average Bonchev–Trinajstić information content (AvgIpc) is 3.26. The molecule has 1 saturated heterocycles. The zero-order chi connectivity index (χ0) is 17.6. The third kappa shape index (κ3) is 3.07. The number of nitrogens with one attached hydrogen (secondary N) is 1. The van der Waals surface area contributed by atoms with E-state index >= 15 is 0 Å². The fraction of sp³-hybridized carbons (Fsp3) is 0.294. The van der Waals surface area contributed by atoms with Gasteiger partial charge in [0.05, 0.1) is 17.2 Å². The summed E-state index contributed by atoms with van der Waals surface area (Å²) in [5.74, 6) is -0.168. The van der Waals surface area contributed by atoms with E-state index in [2.05, 4.69) is 20.9 Å². The van der Waals surface area contributed by atoms with Crippen molar-refractivity contribution in [1.82, 2.24) is 14.9 Å². The summed E-state index contributed by atoms with van der Waals surface area (Å²) in [5.41, 5.74) is 2.39. The molecule has 0 spiro atoms. The van der Waals surface area contributed by atoms with Crippen LogP contribution in [0.2, 0.25) is 0 Å². The largest absolute Gasteiger partial charge is 0.347 e. The van der Waals surface area contributed by atoms with Crippen molar-refractivity contribution in [2.24, 2.45) is 7.05 Å². The molecule has 3 aromatic rings. The number of benzene rings is 1. The summed E-state index contributed by atoms with van der Waals surface area (Å²) in [6, 6.07) is 9.80. The fourth-order valence-electron chi connectivity index (χ4n) is 3.16. The Bertz CT molecular complexity index is 1070. The van der Waals surface area contributed by atoms with E-state index in [9.17, 15) is 13.2 Å². The van der Waals surface area contributed by atoms with Gasteiger partial charge in [0.15, 0.2) is 9.84 Å². The molecule has 1 atom stereocenters. The first-order valence-electron chi connectivity index (χ1n) is 7.94. The Morgan fingerprint density at radius 3 is 2.88 bits per heavy atom. The Labute approximate surface area is 149 Å². The van der Waals surface area contributed by atoms with Gasteiger partial charge in [0.25, 0.3) is 5.91 Å². The molecule has 1 aromatic carbocycles. The maximum Gasteiger partial charge on any atom is 0.271 e.